The van der Waals surface area contributed by atoms with Crippen molar-refractivity contribution in [2.75, 3.05) is 0 Å². The van der Waals surface area contributed by atoms with Gasteiger partial charge in [0.25, 0.3) is 0 Å². The molecule has 2 heteroatoms. The summed E-state index contributed by atoms with van der Waals surface area (Å²) in [5.41, 5.74) is 4.99. The van der Waals surface area contributed by atoms with E-state index in [1.54, 1.807) is 0 Å². The maximum Gasteiger partial charge on any atom is 0.130 e. The summed E-state index contributed by atoms with van der Waals surface area (Å²) in [6.45, 7) is 12.1. The van der Waals surface area contributed by atoms with E-state index in [0.29, 0.717) is 0 Å². The van der Waals surface area contributed by atoms with E-state index in [1.165, 1.54) is 57.4 Å². The van der Waals surface area contributed by atoms with Crippen molar-refractivity contribution in [3.05, 3.63) is 11.1 Å². The maximum atomic E-state index is 4.15. The molecule has 20 heavy (non-hydrogen) atoms. The van der Waals surface area contributed by atoms with Crippen LogP contribution in [0.4, 0.5) is 0 Å². The lowest BCUT2D eigenvalue weighted by Gasteiger charge is -2.42. The minimum Gasteiger partial charge on any atom is -0.332 e. The van der Waals surface area contributed by atoms with Crippen molar-refractivity contribution in [2.45, 2.75) is 103 Å². The lowest BCUT2D eigenvalue weighted by atomic mass is 9.94. The highest BCUT2D eigenvalue weighted by Crippen LogP contribution is 2.49. The van der Waals surface area contributed by atoms with Gasteiger partial charge in [0.1, 0.15) is 8.24 Å². The topological polar surface area (TPSA) is 12.0 Å². The lowest BCUT2D eigenvalue weighted by Crippen LogP contribution is -2.59. The second kappa shape index (κ2) is 6.35. The molecule has 2 atom stereocenters. The Hall–Kier alpha value is -0.0831. The first-order chi connectivity index (χ1) is 9.36. The van der Waals surface area contributed by atoms with Crippen LogP contribution in [0.1, 0.15) is 79.1 Å². The van der Waals surface area contributed by atoms with Crippen molar-refractivity contribution >= 4 is 8.24 Å². The van der Waals surface area contributed by atoms with Gasteiger partial charge in [-0.2, -0.15) is 0 Å². The molecule has 2 aliphatic carbocycles. The maximum absolute atomic E-state index is 4.15. The molecule has 0 aromatic heterocycles. The van der Waals surface area contributed by atoms with Crippen LogP contribution in [0.5, 0.6) is 0 Å². The second-order valence-corrected chi connectivity index (χ2v) is 12.6. The molecule has 0 aromatic carbocycles. The zero-order valence-electron chi connectivity index (χ0n) is 14.4. The van der Waals surface area contributed by atoms with Gasteiger partial charge in [-0.05, 0) is 70.9 Å². The van der Waals surface area contributed by atoms with Crippen LogP contribution < -0.4 is 4.98 Å². The molecule has 0 aliphatic heterocycles. The minimum absolute atomic E-state index is 0.271. The Morgan fingerprint density at radius 1 is 1.15 bits per heavy atom. The van der Waals surface area contributed by atoms with Gasteiger partial charge in [0.2, 0.25) is 0 Å². The first-order valence-corrected chi connectivity index (χ1v) is 11.6. The Labute approximate surface area is 127 Å². The van der Waals surface area contributed by atoms with Crippen molar-refractivity contribution in [2.24, 2.45) is 0 Å². The highest BCUT2D eigenvalue weighted by molar-refractivity contribution is 6.78. The monoisotopic (exact) mass is 293 g/mol. The van der Waals surface area contributed by atoms with Gasteiger partial charge in [0.05, 0.1) is 0 Å². The van der Waals surface area contributed by atoms with Crippen molar-refractivity contribution in [3.8, 4) is 0 Å². The molecule has 0 fully saturated rings. The molecule has 2 rings (SSSR count). The average molecular weight is 294 g/mol. The predicted molar refractivity (Wildman–Crippen MR) is 92.7 cm³/mol. The van der Waals surface area contributed by atoms with E-state index in [4.69, 9.17) is 0 Å². The van der Waals surface area contributed by atoms with Crippen LogP contribution in [0.25, 0.3) is 0 Å². The van der Waals surface area contributed by atoms with Crippen LogP contribution in [-0.2, 0) is 0 Å². The van der Waals surface area contributed by atoms with E-state index >= 15 is 0 Å². The van der Waals surface area contributed by atoms with Gasteiger partial charge in [0, 0.05) is 5.54 Å². The molecule has 116 valence electrons. The summed E-state index contributed by atoms with van der Waals surface area (Å²) in [5, 5.41) is 0. The smallest absolute Gasteiger partial charge is 0.130 e. The summed E-state index contributed by atoms with van der Waals surface area (Å²) < 4.78 is 0. The molecular weight excluding hydrogens is 258 g/mol. The van der Waals surface area contributed by atoms with Gasteiger partial charge < -0.3 is 4.98 Å². The van der Waals surface area contributed by atoms with Crippen molar-refractivity contribution < 1.29 is 0 Å². The SMILES string of the molecule is CCCC[Si@](C)(NC(C)(C)C)C1CCC2=C1CCCC2. The Morgan fingerprint density at radius 2 is 1.85 bits per heavy atom. The molecule has 1 unspecified atom stereocenters. The van der Waals surface area contributed by atoms with Gasteiger partial charge in [-0.3, -0.25) is 0 Å². The summed E-state index contributed by atoms with van der Waals surface area (Å²) >= 11 is 0. The Morgan fingerprint density at radius 3 is 2.50 bits per heavy atom. The number of rotatable bonds is 5. The molecule has 0 heterocycles. The largest absolute Gasteiger partial charge is 0.332 e. The van der Waals surface area contributed by atoms with Crippen LogP contribution in [0.3, 0.4) is 0 Å². The van der Waals surface area contributed by atoms with Crippen molar-refractivity contribution in [1.29, 1.82) is 0 Å². The summed E-state index contributed by atoms with van der Waals surface area (Å²) in [4.78, 5) is 4.15. The van der Waals surface area contributed by atoms with Crippen molar-refractivity contribution in [3.63, 3.8) is 0 Å². The highest BCUT2D eigenvalue weighted by Gasteiger charge is 2.43. The molecular formula is C18H35NSi. The van der Waals surface area contributed by atoms with Gasteiger partial charge in [-0.1, -0.05) is 37.5 Å². The number of unbranched alkanes of at least 4 members (excludes halogenated alkanes) is 1. The van der Waals surface area contributed by atoms with Gasteiger partial charge in [-0.25, -0.2) is 0 Å². The van der Waals surface area contributed by atoms with Crippen LogP contribution in [0, 0.1) is 0 Å². The lowest BCUT2D eigenvalue weighted by molar-refractivity contribution is 0.500. The second-order valence-electron chi connectivity index (χ2n) is 8.32. The van der Waals surface area contributed by atoms with E-state index < -0.39 is 8.24 Å². The molecule has 0 radical (unpaired) electrons. The van der Waals surface area contributed by atoms with Gasteiger partial charge in [-0.15, -0.1) is 0 Å². The summed E-state index contributed by atoms with van der Waals surface area (Å²) in [5.74, 6) is 0. The third kappa shape index (κ3) is 3.76. The van der Waals surface area contributed by atoms with E-state index in [-0.39, 0.29) is 5.54 Å². The molecule has 0 saturated heterocycles. The molecule has 0 bridgehead atoms. The number of allylic oxidation sites excluding steroid dienone is 2. The summed E-state index contributed by atoms with van der Waals surface area (Å²) in [7, 11) is -1.39. The van der Waals surface area contributed by atoms with Crippen LogP contribution >= 0.6 is 0 Å². The molecule has 0 spiro atoms. The molecule has 2 aliphatic rings. The summed E-state index contributed by atoms with van der Waals surface area (Å²) in [6.07, 6.45) is 11.4. The first kappa shape index (κ1) is 16.3. The Bertz CT molecular complexity index is 366. The van der Waals surface area contributed by atoms with Gasteiger partial charge >= 0.3 is 0 Å². The molecule has 0 aromatic rings. The number of nitrogens with one attached hydrogen (secondary N) is 1. The fourth-order valence-electron chi connectivity index (χ4n) is 4.62. The third-order valence-electron chi connectivity index (χ3n) is 5.26. The third-order valence-corrected chi connectivity index (χ3v) is 10.2. The average Bonchev–Trinajstić information content (AvgIpc) is 2.79. The number of hydrogen-bond donors (Lipinski definition) is 1. The van der Waals surface area contributed by atoms with Crippen molar-refractivity contribution in [1.82, 2.24) is 4.98 Å². The fourth-order valence-corrected chi connectivity index (χ4v) is 9.97. The first-order valence-electron chi connectivity index (χ1n) is 8.86. The Balaban J connectivity index is 2.20. The van der Waals surface area contributed by atoms with Crippen LogP contribution in [-0.4, -0.2) is 13.8 Å². The molecule has 0 saturated carbocycles. The van der Waals surface area contributed by atoms with Crippen LogP contribution in [0.2, 0.25) is 18.1 Å². The zero-order valence-corrected chi connectivity index (χ0v) is 15.4. The van der Waals surface area contributed by atoms with Gasteiger partial charge in [0.15, 0.2) is 0 Å². The quantitative estimate of drug-likeness (QED) is 0.500. The molecule has 1 N–H and O–H groups in total. The predicted octanol–water partition coefficient (Wildman–Crippen LogP) is 5.78. The molecule has 0 amide bonds. The van der Waals surface area contributed by atoms with E-state index in [0.717, 1.165) is 5.54 Å². The standard InChI is InChI=1S/C18H35NSi/c1-6-7-14-20(5,19-18(2,3)4)17-13-12-15-10-8-9-11-16(15)17/h17,19H,6-14H2,1-5H3/t17?,20-/m0/s1. The summed E-state index contributed by atoms with van der Waals surface area (Å²) in [6, 6.07) is 1.46. The van der Waals surface area contributed by atoms with E-state index in [9.17, 15) is 0 Å². The van der Waals surface area contributed by atoms with E-state index in [1.807, 2.05) is 11.1 Å². The normalized spacial score (nSPS) is 26.6. The van der Waals surface area contributed by atoms with Crippen LogP contribution in [0.15, 0.2) is 11.1 Å². The highest BCUT2D eigenvalue weighted by atomic mass is 28.3. The minimum atomic E-state index is -1.39. The molecule has 1 nitrogen and oxygen atoms in total. The fraction of sp³-hybridized carbons (Fsp3) is 0.889. The Kier molecular flexibility index (Phi) is 5.17. The number of hydrogen-bond acceptors (Lipinski definition) is 1. The van der Waals surface area contributed by atoms with E-state index in [2.05, 4.69) is 39.2 Å². The zero-order chi connectivity index (χ0) is 14.8.